The van der Waals surface area contributed by atoms with Gasteiger partial charge < -0.3 is 14.5 Å². The highest BCUT2D eigenvalue weighted by Crippen LogP contribution is 2.23. The molecule has 1 aliphatic heterocycles. The Labute approximate surface area is 128 Å². The van der Waals surface area contributed by atoms with E-state index >= 15 is 0 Å². The molecule has 1 aliphatic rings. The fourth-order valence-electron chi connectivity index (χ4n) is 2.45. The summed E-state index contributed by atoms with van der Waals surface area (Å²) in [6, 6.07) is 0.347. The van der Waals surface area contributed by atoms with Crippen molar-refractivity contribution in [3.05, 3.63) is 15.6 Å². The maximum absolute atomic E-state index is 11.7. The van der Waals surface area contributed by atoms with E-state index in [2.05, 4.69) is 28.9 Å². The van der Waals surface area contributed by atoms with E-state index in [1.54, 1.807) is 0 Å². The molecule has 0 bridgehead atoms. The first-order valence-electron chi connectivity index (χ1n) is 6.90. The molecule has 0 radical (unpaired) electrons. The zero-order valence-electron chi connectivity index (χ0n) is 12.9. The van der Waals surface area contributed by atoms with Crippen molar-refractivity contribution in [2.24, 2.45) is 0 Å². The minimum Gasteiger partial charge on any atom is -0.464 e. The molecule has 116 valence electrons. The van der Waals surface area contributed by atoms with Crippen LogP contribution >= 0.6 is 11.3 Å². The minimum atomic E-state index is -0.545. The lowest BCUT2D eigenvalue weighted by atomic mass is 10.1. The van der Waals surface area contributed by atoms with E-state index in [0.29, 0.717) is 10.9 Å². The van der Waals surface area contributed by atoms with Crippen molar-refractivity contribution in [3.63, 3.8) is 0 Å². The lowest BCUT2D eigenvalue weighted by molar-refractivity contribution is 0.0591. The van der Waals surface area contributed by atoms with Crippen molar-refractivity contribution >= 4 is 23.1 Å². The predicted molar refractivity (Wildman–Crippen MR) is 81.1 cm³/mol. The number of methoxy groups -OCH3 is 1. The van der Waals surface area contributed by atoms with Crippen LogP contribution in [0.4, 0.5) is 0 Å². The first kappa shape index (κ1) is 16.1. The van der Waals surface area contributed by atoms with E-state index in [4.69, 9.17) is 4.74 Å². The van der Waals surface area contributed by atoms with Gasteiger partial charge in [-0.3, -0.25) is 4.79 Å². The van der Waals surface area contributed by atoms with Crippen LogP contribution in [-0.4, -0.2) is 73.4 Å². The SMILES string of the molecule is COC(=O)c1nc(CC2CN(C)CCN2C)sc1C(C)=O. The van der Waals surface area contributed by atoms with Crippen LogP contribution in [0.3, 0.4) is 0 Å². The zero-order valence-corrected chi connectivity index (χ0v) is 13.7. The van der Waals surface area contributed by atoms with Crippen LogP contribution < -0.4 is 0 Å². The fourth-order valence-corrected chi connectivity index (χ4v) is 3.47. The van der Waals surface area contributed by atoms with Gasteiger partial charge in [-0.25, -0.2) is 9.78 Å². The number of rotatable bonds is 4. The van der Waals surface area contributed by atoms with Gasteiger partial charge in [0.05, 0.1) is 12.1 Å². The molecule has 1 saturated heterocycles. The number of Topliss-reactive ketones (excluding diaryl/α,β-unsaturated/α-hetero) is 1. The van der Waals surface area contributed by atoms with E-state index in [1.165, 1.54) is 25.4 Å². The second-order valence-electron chi connectivity index (χ2n) is 5.43. The van der Waals surface area contributed by atoms with E-state index in [1.807, 2.05) is 0 Å². The van der Waals surface area contributed by atoms with Gasteiger partial charge in [-0.05, 0) is 14.1 Å². The summed E-state index contributed by atoms with van der Waals surface area (Å²) in [5, 5.41) is 0.813. The second-order valence-corrected chi connectivity index (χ2v) is 6.52. The average Bonchev–Trinajstić information content (AvgIpc) is 2.86. The fraction of sp³-hybridized carbons (Fsp3) is 0.643. The molecule has 0 aromatic carbocycles. The third-order valence-corrected chi connectivity index (χ3v) is 4.94. The monoisotopic (exact) mass is 311 g/mol. The molecule has 0 aliphatic carbocycles. The smallest absolute Gasteiger partial charge is 0.358 e. The Kier molecular flexibility index (Phi) is 5.08. The Bertz CT molecular complexity index is 544. The molecule has 0 amide bonds. The maximum Gasteiger partial charge on any atom is 0.358 e. The molecule has 21 heavy (non-hydrogen) atoms. The standard InChI is InChI=1S/C14H21N3O3S/c1-9(18)13-12(14(19)20-4)15-11(21-13)7-10-8-16(2)5-6-17(10)3/h10H,5-8H2,1-4H3. The summed E-state index contributed by atoms with van der Waals surface area (Å²) in [7, 11) is 5.50. The molecule has 0 saturated carbocycles. The van der Waals surface area contributed by atoms with Crippen molar-refractivity contribution in [1.82, 2.24) is 14.8 Å². The molecule has 2 rings (SSSR count). The van der Waals surface area contributed by atoms with Gasteiger partial charge in [0, 0.05) is 39.0 Å². The van der Waals surface area contributed by atoms with Crippen LogP contribution in [0, 0.1) is 0 Å². The molecular formula is C14H21N3O3S. The van der Waals surface area contributed by atoms with Crippen LogP contribution in [0.15, 0.2) is 0 Å². The molecule has 1 fully saturated rings. The lowest BCUT2D eigenvalue weighted by Crippen LogP contribution is -2.50. The van der Waals surface area contributed by atoms with Gasteiger partial charge in [0.1, 0.15) is 4.88 Å². The Morgan fingerprint density at radius 3 is 2.71 bits per heavy atom. The number of ether oxygens (including phenoxy) is 1. The molecule has 0 N–H and O–H groups in total. The highest BCUT2D eigenvalue weighted by Gasteiger charge is 2.26. The largest absolute Gasteiger partial charge is 0.464 e. The summed E-state index contributed by atoms with van der Waals surface area (Å²) in [4.78, 5) is 32.7. The number of hydrogen-bond acceptors (Lipinski definition) is 7. The first-order chi connectivity index (χ1) is 9.92. The summed E-state index contributed by atoms with van der Waals surface area (Å²) in [6.07, 6.45) is 0.739. The van der Waals surface area contributed by atoms with Crippen molar-refractivity contribution < 1.29 is 14.3 Å². The van der Waals surface area contributed by atoms with Crippen molar-refractivity contribution in [2.45, 2.75) is 19.4 Å². The van der Waals surface area contributed by atoms with E-state index < -0.39 is 5.97 Å². The molecule has 7 heteroatoms. The quantitative estimate of drug-likeness (QED) is 0.609. The van der Waals surface area contributed by atoms with Crippen molar-refractivity contribution in [1.29, 1.82) is 0 Å². The number of carbonyl (C=O) groups excluding carboxylic acids is 2. The van der Waals surface area contributed by atoms with Crippen LogP contribution in [0.1, 0.15) is 32.1 Å². The summed E-state index contributed by atoms with van der Waals surface area (Å²) in [5.74, 6) is -0.690. The number of ketones is 1. The third kappa shape index (κ3) is 3.66. The van der Waals surface area contributed by atoms with Gasteiger partial charge in [-0.15, -0.1) is 11.3 Å². The lowest BCUT2D eigenvalue weighted by Gasteiger charge is -2.37. The molecule has 1 unspecified atom stereocenters. The second kappa shape index (κ2) is 6.64. The number of esters is 1. The normalized spacial score (nSPS) is 20.5. The Morgan fingerprint density at radius 1 is 1.38 bits per heavy atom. The van der Waals surface area contributed by atoms with Crippen LogP contribution in [-0.2, 0) is 11.2 Å². The van der Waals surface area contributed by atoms with Crippen molar-refractivity contribution in [2.75, 3.05) is 40.8 Å². The Hall–Kier alpha value is -1.31. The average molecular weight is 311 g/mol. The number of piperazine rings is 1. The number of hydrogen-bond donors (Lipinski definition) is 0. The van der Waals surface area contributed by atoms with Crippen molar-refractivity contribution in [3.8, 4) is 0 Å². The molecule has 1 aromatic rings. The molecular weight excluding hydrogens is 290 g/mol. The maximum atomic E-state index is 11.7. The zero-order chi connectivity index (χ0) is 15.6. The molecule has 2 heterocycles. The summed E-state index contributed by atoms with van der Waals surface area (Å²) < 4.78 is 4.70. The molecule has 1 aromatic heterocycles. The highest BCUT2D eigenvalue weighted by molar-refractivity contribution is 7.14. The third-order valence-electron chi connectivity index (χ3n) is 3.76. The number of thiazole rings is 1. The number of likely N-dealkylation sites (N-methyl/N-ethyl adjacent to an activating group) is 2. The molecule has 6 nitrogen and oxygen atoms in total. The summed E-state index contributed by atoms with van der Waals surface area (Å²) >= 11 is 1.30. The topological polar surface area (TPSA) is 62.7 Å². The van der Waals surface area contributed by atoms with Gasteiger partial charge in [-0.2, -0.15) is 0 Å². The van der Waals surface area contributed by atoms with E-state index in [-0.39, 0.29) is 11.5 Å². The molecule has 0 spiro atoms. The summed E-state index contributed by atoms with van der Waals surface area (Å²) in [5.41, 5.74) is 0.150. The Morgan fingerprint density at radius 2 is 2.10 bits per heavy atom. The van der Waals surface area contributed by atoms with Gasteiger partial charge in [0.15, 0.2) is 11.5 Å². The van der Waals surface area contributed by atoms with Crippen LogP contribution in [0.2, 0.25) is 0 Å². The van der Waals surface area contributed by atoms with Crippen LogP contribution in [0.5, 0.6) is 0 Å². The van der Waals surface area contributed by atoms with Gasteiger partial charge in [0.25, 0.3) is 0 Å². The number of aromatic nitrogens is 1. The van der Waals surface area contributed by atoms with Gasteiger partial charge >= 0.3 is 5.97 Å². The predicted octanol–water partition coefficient (Wildman–Crippen LogP) is 0.921. The van der Waals surface area contributed by atoms with Gasteiger partial charge in [-0.1, -0.05) is 0 Å². The molecule has 1 atom stereocenters. The Balaban J connectivity index is 2.20. The number of nitrogens with zero attached hydrogens (tertiary/aromatic N) is 3. The minimum absolute atomic E-state index is 0.145. The van der Waals surface area contributed by atoms with E-state index in [0.717, 1.165) is 31.1 Å². The number of carbonyl (C=O) groups is 2. The first-order valence-corrected chi connectivity index (χ1v) is 7.71. The summed E-state index contributed by atoms with van der Waals surface area (Å²) in [6.45, 7) is 4.47. The van der Waals surface area contributed by atoms with Crippen LogP contribution in [0.25, 0.3) is 0 Å². The highest BCUT2D eigenvalue weighted by atomic mass is 32.1. The van der Waals surface area contributed by atoms with E-state index in [9.17, 15) is 9.59 Å². The van der Waals surface area contributed by atoms with Gasteiger partial charge in [0.2, 0.25) is 0 Å².